The van der Waals surface area contributed by atoms with Crippen LogP contribution in [0.25, 0.3) is 6.08 Å². The first-order valence-electron chi connectivity index (χ1n) is 3.64. The van der Waals surface area contributed by atoms with E-state index < -0.39 is 16.1 Å². The molecule has 0 aliphatic carbocycles. The minimum absolute atomic E-state index is 0.0869. The van der Waals surface area contributed by atoms with Crippen LogP contribution < -0.4 is 0 Å². The number of rotatable bonds is 1. The molecule has 13 heavy (non-hydrogen) atoms. The molecule has 68 valence electrons. The number of thiol groups is 1. The topological polar surface area (TPSA) is 63.4 Å². The number of hydrogen-bond acceptors (Lipinski definition) is 3. The van der Waals surface area contributed by atoms with E-state index in [9.17, 15) is 14.7 Å². The molecule has 0 fully saturated rings. The van der Waals surface area contributed by atoms with Gasteiger partial charge in [0.1, 0.15) is 0 Å². The fraction of sp³-hybridized carbons (Fsp3) is 0. The van der Waals surface area contributed by atoms with Crippen molar-refractivity contribution >= 4 is 17.3 Å². The summed E-state index contributed by atoms with van der Waals surface area (Å²) < 4.78 is 9.57. The SMILES string of the molecule is O=[N+]([O-])C1=Cc2ccccc2[SH]1O. The number of nitrogens with zero attached hydrogens (tertiary/aromatic N) is 1. The van der Waals surface area contributed by atoms with Gasteiger partial charge in [-0.15, -0.1) is 0 Å². The Hall–Kier alpha value is -1.33. The third kappa shape index (κ3) is 1.22. The van der Waals surface area contributed by atoms with E-state index in [4.69, 9.17) is 0 Å². The zero-order valence-electron chi connectivity index (χ0n) is 6.54. The minimum Gasteiger partial charge on any atom is -0.340 e. The van der Waals surface area contributed by atoms with E-state index in [0.717, 1.165) is 5.56 Å². The molecule has 4 nitrogen and oxygen atoms in total. The first-order valence-corrected chi connectivity index (χ1v) is 4.94. The Morgan fingerprint density at radius 1 is 1.38 bits per heavy atom. The molecule has 0 saturated carbocycles. The van der Waals surface area contributed by atoms with Crippen molar-refractivity contribution in [2.24, 2.45) is 0 Å². The average molecular weight is 197 g/mol. The Morgan fingerprint density at radius 3 is 2.69 bits per heavy atom. The van der Waals surface area contributed by atoms with Crippen molar-refractivity contribution in [3.8, 4) is 0 Å². The summed E-state index contributed by atoms with van der Waals surface area (Å²) in [4.78, 5) is 10.6. The Labute approximate surface area is 77.2 Å². The zero-order chi connectivity index (χ0) is 9.42. The molecular weight excluding hydrogens is 190 g/mol. The smallest absolute Gasteiger partial charge is 0.309 e. The molecule has 2 rings (SSSR count). The van der Waals surface area contributed by atoms with Crippen molar-refractivity contribution in [2.75, 3.05) is 0 Å². The monoisotopic (exact) mass is 197 g/mol. The highest BCUT2D eigenvalue weighted by Crippen LogP contribution is 2.48. The summed E-state index contributed by atoms with van der Waals surface area (Å²) in [5.74, 6) is 0. The molecule has 5 heteroatoms. The Balaban J connectivity index is 2.50. The number of hydrogen-bond donors (Lipinski definition) is 2. The molecular formula is C8H7NO3S. The molecule has 1 aromatic carbocycles. The largest absolute Gasteiger partial charge is 0.340 e. The third-order valence-corrected chi connectivity index (χ3v) is 3.44. The van der Waals surface area contributed by atoms with Crippen LogP contribution in [-0.4, -0.2) is 9.48 Å². The van der Waals surface area contributed by atoms with Crippen LogP contribution in [0.5, 0.6) is 0 Å². The number of benzene rings is 1. The molecule has 0 radical (unpaired) electrons. The highest BCUT2D eigenvalue weighted by molar-refractivity contribution is 8.15. The highest BCUT2D eigenvalue weighted by atomic mass is 32.2. The van der Waals surface area contributed by atoms with Gasteiger partial charge in [-0.1, -0.05) is 18.2 Å². The third-order valence-electron chi connectivity index (χ3n) is 1.85. The van der Waals surface area contributed by atoms with Crippen LogP contribution in [0.4, 0.5) is 0 Å². The molecule has 1 heterocycles. The average Bonchev–Trinajstić information content (AvgIpc) is 2.45. The van der Waals surface area contributed by atoms with Gasteiger partial charge in [0.25, 0.3) is 0 Å². The van der Waals surface area contributed by atoms with E-state index in [2.05, 4.69) is 0 Å². The second kappa shape index (κ2) is 2.86. The van der Waals surface area contributed by atoms with Gasteiger partial charge in [-0.2, -0.15) is 0 Å². The van der Waals surface area contributed by atoms with E-state index in [0.29, 0.717) is 4.90 Å². The van der Waals surface area contributed by atoms with Gasteiger partial charge in [0.2, 0.25) is 0 Å². The van der Waals surface area contributed by atoms with Gasteiger partial charge in [0.05, 0.1) is 4.92 Å². The van der Waals surface area contributed by atoms with Gasteiger partial charge in [0, 0.05) is 11.0 Å². The van der Waals surface area contributed by atoms with Crippen molar-refractivity contribution in [1.82, 2.24) is 0 Å². The number of fused-ring (bicyclic) bond motifs is 1. The fourth-order valence-electron chi connectivity index (χ4n) is 1.26. The van der Waals surface area contributed by atoms with Crippen molar-refractivity contribution in [3.05, 3.63) is 45.0 Å². The Bertz CT molecular complexity index is 402. The molecule has 1 N–H and O–H groups in total. The van der Waals surface area contributed by atoms with Crippen LogP contribution in [-0.2, 0) is 0 Å². The second-order valence-electron chi connectivity index (χ2n) is 2.63. The summed E-state index contributed by atoms with van der Waals surface area (Å²) >= 11 is -1.72. The lowest BCUT2D eigenvalue weighted by Crippen LogP contribution is -1.95. The normalized spacial score (nSPS) is 22.2. The maximum absolute atomic E-state index is 10.5. The maximum Gasteiger partial charge on any atom is 0.309 e. The van der Waals surface area contributed by atoms with Gasteiger partial charge < -0.3 is 4.55 Å². The van der Waals surface area contributed by atoms with Gasteiger partial charge in [-0.3, -0.25) is 10.1 Å². The standard InChI is InChI=1S/C8H7NO3S/c10-9(11)8-5-6-3-1-2-4-7(6)13(8)12/h1-5,12-13H. The first kappa shape index (κ1) is 8.28. The summed E-state index contributed by atoms with van der Waals surface area (Å²) in [7, 11) is 0. The summed E-state index contributed by atoms with van der Waals surface area (Å²) in [6.45, 7) is 0. The van der Waals surface area contributed by atoms with Crippen LogP contribution in [0, 0.1) is 10.1 Å². The Morgan fingerprint density at radius 2 is 2.08 bits per heavy atom. The van der Waals surface area contributed by atoms with E-state index in [1.807, 2.05) is 0 Å². The van der Waals surface area contributed by atoms with E-state index in [1.165, 1.54) is 6.08 Å². The van der Waals surface area contributed by atoms with Gasteiger partial charge >= 0.3 is 5.03 Å². The van der Waals surface area contributed by atoms with Crippen LogP contribution >= 0.6 is 11.2 Å². The van der Waals surface area contributed by atoms with Crippen molar-refractivity contribution < 1.29 is 9.48 Å². The minimum atomic E-state index is -1.72. The summed E-state index contributed by atoms with van der Waals surface area (Å²) in [6.07, 6.45) is 1.43. The van der Waals surface area contributed by atoms with Crippen molar-refractivity contribution in [3.63, 3.8) is 0 Å². The van der Waals surface area contributed by atoms with Crippen LogP contribution in [0.2, 0.25) is 0 Å². The lowest BCUT2D eigenvalue weighted by atomic mass is 10.2. The van der Waals surface area contributed by atoms with Crippen molar-refractivity contribution in [1.29, 1.82) is 0 Å². The molecule has 0 saturated heterocycles. The molecule has 0 amide bonds. The lowest BCUT2D eigenvalue weighted by Gasteiger charge is -2.06. The van der Waals surface area contributed by atoms with Gasteiger partial charge in [-0.05, 0) is 22.8 Å². The van der Waals surface area contributed by atoms with Crippen molar-refractivity contribution in [2.45, 2.75) is 4.90 Å². The van der Waals surface area contributed by atoms with E-state index >= 15 is 0 Å². The predicted molar refractivity (Wildman–Crippen MR) is 51.3 cm³/mol. The number of nitro groups is 1. The molecule has 0 spiro atoms. The molecule has 1 aromatic rings. The molecule has 0 bridgehead atoms. The second-order valence-corrected chi connectivity index (χ2v) is 4.19. The maximum atomic E-state index is 10.5. The van der Waals surface area contributed by atoms with E-state index in [1.54, 1.807) is 24.3 Å². The first-order chi connectivity index (χ1) is 6.20. The van der Waals surface area contributed by atoms with Crippen LogP contribution in [0.15, 0.2) is 34.2 Å². The van der Waals surface area contributed by atoms with E-state index in [-0.39, 0.29) is 5.03 Å². The predicted octanol–water partition coefficient (Wildman–Crippen LogP) is 2.11. The molecule has 1 aliphatic rings. The fourth-order valence-corrected chi connectivity index (χ4v) is 2.53. The Kier molecular flexibility index (Phi) is 1.82. The van der Waals surface area contributed by atoms with Crippen LogP contribution in [0.3, 0.4) is 0 Å². The summed E-state index contributed by atoms with van der Waals surface area (Å²) in [6, 6.07) is 7.04. The highest BCUT2D eigenvalue weighted by Gasteiger charge is 2.28. The lowest BCUT2D eigenvalue weighted by molar-refractivity contribution is -0.409. The van der Waals surface area contributed by atoms with Crippen LogP contribution in [0.1, 0.15) is 5.56 Å². The van der Waals surface area contributed by atoms with Gasteiger partial charge in [0.15, 0.2) is 0 Å². The summed E-state index contributed by atoms with van der Waals surface area (Å²) in [5.41, 5.74) is 0.753. The quantitative estimate of drug-likeness (QED) is 0.411. The summed E-state index contributed by atoms with van der Waals surface area (Å²) in [5, 5.41) is 10.4. The molecule has 1 aliphatic heterocycles. The van der Waals surface area contributed by atoms with Gasteiger partial charge in [-0.25, -0.2) is 0 Å². The molecule has 0 aromatic heterocycles. The zero-order valence-corrected chi connectivity index (χ0v) is 7.44. The molecule has 1 unspecified atom stereocenters. The molecule has 1 atom stereocenters.